The molecule has 54 valence electrons. The summed E-state index contributed by atoms with van der Waals surface area (Å²) in [7, 11) is 3.91. The van der Waals surface area contributed by atoms with E-state index in [0.29, 0.717) is 6.42 Å². The van der Waals surface area contributed by atoms with Crippen molar-refractivity contribution in [1.29, 1.82) is 5.26 Å². The molecule has 0 aromatic rings. The van der Waals surface area contributed by atoms with Crippen molar-refractivity contribution in [2.45, 2.75) is 20.3 Å². The van der Waals surface area contributed by atoms with E-state index in [-0.39, 0.29) is 0 Å². The van der Waals surface area contributed by atoms with E-state index in [1.807, 2.05) is 32.8 Å². The van der Waals surface area contributed by atoms with Crippen molar-refractivity contribution in [3.8, 4) is 6.07 Å². The minimum Gasteiger partial charge on any atom is -0.308 e. The molecule has 0 heterocycles. The Balaban J connectivity index is 0. The molecule has 0 aromatic heterocycles. The van der Waals surface area contributed by atoms with Crippen LogP contribution in [0.4, 0.5) is 0 Å². The van der Waals surface area contributed by atoms with E-state index in [0.717, 1.165) is 6.54 Å². The number of hydrogen-bond donors (Lipinski definition) is 0. The molecule has 0 saturated carbocycles. The van der Waals surface area contributed by atoms with Crippen LogP contribution in [-0.2, 0) is 0 Å². The second kappa shape index (κ2) is 10.4. The Labute approximate surface area is 58.1 Å². The lowest BCUT2D eigenvalue weighted by Crippen LogP contribution is -2.11. The molecular weight excluding hydrogens is 112 g/mol. The highest BCUT2D eigenvalue weighted by molar-refractivity contribution is 4.69. The average molecular weight is 128 g/mol. The summed E-state index contributed by atoms with van der Waals surface area (Å²) in [4.78, 5) is 1.99. The van der Waals surface area contributed by atoms with Gasteiger partial charge in [0, 0.05) is 13.0 Å². The minimum absolute atomic E-state index is 0.632. The van der Waals surface area contributed by atoms with Crippen molar-refractivity contribution >= 4 is 0 Å². The minimum atomic E-state index is 0.632. The Hall–Kier alpha value is -0.550. The molecule has 0 aliphatic carbocycles. The van der Waals surface area contributed by atoms with Crippen LogP contribution in [0.25, 0.3) is 0 Å². The molecule has 0 aromatic carbocycles. The van der Waals surface area contributed by atoms with Gasteiger partial charge in [-0.05, 0) is 14.1 Å². The van der Waals surface area contributed by atoms with E-state index >= 15 is 0 Å². The third-order valence-corrected chi connectivity index (χ3v) is 0.671. The lowest BCUT2D eigenvalue weighted by molar-refractivity contribution is 0.419. The number of nitrogens with zero attached hydrogens (tertiary/aromatic N) is 2. The summed E-state index contributed by atoms with van der Waals surface area (Å²) >= 11 is 0. The second-order valence-electron chi connectivity index (χ2n) is 1.71. The molecule has 0 bridgehead atoms. The first-order valence-electron chi connectivity index (χ1n) is 3.29. The lowest BCUT2D eigenvalue weighted by atomic mass is 10.4. The SMILES string of the molecule is CC.CN(C)CCC#N. The maximum absolute atomic E-state index is 8.04. The normalized spacial score (nSPS) is 7.56. The van der Waals surface area contributed by atoms with E-state index in [4.69, 9.17) is 5.26 Å². The van der Waals surface area contributed by atoms with Gasteiger partial charge in [0.2, 0.25) is 0 Å². The van der Waals surface area contributed by atoms with Gasteiger partial charge in [0.15, 0.2) is 0 Å². The molecule has 0 amide bonds. The zero-order valence-corrected chi connectivity index (χ0v) is 6.81. The van der Waals surface area contributed by atoms with Crippen molar-refractivity contribution in [2.24, 2.45) is 0 Å². The molecule has 0 spiro atoms. The van der Waals surface area contributed by atoms with Crippen molar-refractivity contribution in [3.63, 3.8) is 0 Å². The molecular formula is C7H16N2. The van der Waals surface area contributed by atoms with Crippen LogP contribution >= 0.6 is 0 Å². The summed E-state index contributed by atoms with van der Waals surface area (Å²) in [6.07, 6.45) is 0.632. The Bertz CT molecular complexity index is 71.5. The summed E-state index contributed by atoms with van der Waals surface area (Å²) < 4.78 is 0. The first-order chi connectivity index (χ1) is 4.27. The Morgan fingerprint density at radius 2 is 1.78 bits per heavy atom. The average Bonchev–Trinajstić information content (AvgIpc) is 1.88. The van der Waals surface area contributed by atoms with Gasteiger partial charge in [-0.15, -0.1) is 0 Å². The molecule has 0 unspecified atom stereocenters. The zero-order chi connectivity index (χ0) is 7.70. The molecule has 2 nitrogen and oxygen atoms in total. The van der Waals surface area contributed by atoms with Crippen molar-refractivity contribution in [1.82, 2.24) is 4.90 Å². The van der Waals surface area contributed by atoms with Crippen LogP contribution < -0.4 is 0 Å². The van der Waals surface area contributed by atoms with Gasteiger partial charge in [0.25, 0.3) is 0 Å². The lowest BCUT2D eigenvalue weighted by Gasteiger charge is -2.02. The second-order valence-corrected chi connectivity index (χ2v) is 1.71. The summed E-state index contributed by atoms with van der Waals surface area (Å²) in [5.41, 5.74) is 0. The van der Waals surface area contributed by atoms with E-state index in [9.17, 15) is 0 Å². The van der Waals surface area contributed by atoms with Gasteiger partial charge < -0.3 is 4.90 Å². The maximum Gasteiger partial charge on any atom is 0.0635 e. The quantitative estimate of drug-likeness (QED) is 0.563. The summed E-state index contributed by atoms with van der Waals surface area (Å²) in [5, 5.41) is 8.04. The molecule has 0 aliphatic rings. The van der Waals surface area contributed by atoms with Crippen molar-refractivity contribution in [2.75, 3.05) is 20.6 Å². The van der Waals surface area contributed by atoms with Gasteiger partial charge in [-0.25, -0.2) is 0 Å². The topological polar surface area (TPSA) is 27.0 Å². The molecule has 0 atom stereocenters. The molecule has 0 saturated heterocycles. The molecule has 0 rings (SSSR count). The predicted octanol–water partition coefficient (Wildman–Crippen LogP) is 1.49. The van der Waals surface area contributed by atoms with Crippen molar-refractivity contribution in [3.05, 3.63) is 0 Å². The molecule has 2 heteroatoms. The van der Waals surface area contributed by atoms with Gasteiger partial charge in [0.1, 0.15) is 0 Å². The maximum atomic E-state index is 8.04. The monoisotopic (exact) mass is 128 g/mol. The highest BCUT2D eigenvalue weighted by Gasteiger charge is 1.83. The van der Waals surface area contributed by atoms with Crippen molar-refractivity contribution < 1.29 is 0 Å². The molecule has 9 heavy (non-hydrogen) atoms. The first-order valence-corrected chi connectivity index (χ1v) is 3.29. The van der Waals surface area contributed by atoms with Crippen LogP contribution in [-0.4, -0.2) is 25.5 Å². The fourth-order valence-electron chi connectivity index (χ4n) is 0.274. The van der Waals surface area contributed by atoms with Crippen LogP contribution in [0.1, 0.15) is 20.3 Å². The summed E-state index contributed by atoms with van der Waals surface area (Å²) in [6, 6.07) is 2.06. The van der Waals surface area contributed by atoms with Crippen LogP contribution in [0.2, 0.25) is 0 Å². The van der Waals surface area contributed by atoms with E-state index in [1.54, 1.807) is 0 Å². The fraction of sp³-hybridized carbons (Fsp3) is 0.857. The standard InChI is InChI=1S/C5H10N2.C2H6/c1-7(2)5-3-4-6;1-2/h3,5H2,1-2H3;1-2H3. The van der Waals surface area contributed by atoms with E-state index in [1.165, 1.54) is 0 Å². The van der Waals surface area contributed by atoms with Crippen LogP contribution in [0.3, 0.4) is 0 Å². The third-order valence-electron chi connectivity index (χ3n) is 0.671. The van der Waals surface area contributed by atoms with Crippen LogP contribution in [0.15, 0.2) is 0 Å². The largest absolute Gasteiger partial charge is 0.308 e. The molecule has 0 aliphatic heterocycles. The number of hydrogen-bond acceptors (Lipinski definition) is 2. The van der Waals surface area contributed by atoms with Crippen LogP contribution in [0, 0.1) is 11.3 Å². The predicted molar refractivity (Wildman–Crippen MR) is 40.1 cm³/mol. The molecule has 0 N–H and O–H groups in total. The van der Waals surface area contributed by atoms with Gasteiger partial charge >= 0.3 is 0 Å². The zero-order valence-electron chi connectivity index (χ0n) is 6.81. The highest BCUT2D eigenvalue weighted by atomic mass is 15.0. The number of nitriles is 1. The molecule has 0 fully saturated rings. The number of rotatable bonds is 2. The Kier molecular flexibility index (Phi) is 13.1. The van der Waals surface area contributed by atoms with Gasteiger partial charge in [0.05, 0.1) is 6.07 Å². The van der Waals surface area contributed by atoms with Gasteiger partial charge in [-0.1, -0.05) is 13.8 Å². The Morgan fingerprint density at radius 3 is 1.89 bits per heavy atom. The highest BCUT2D eigenvalue weighted by Crippen LogP contribution is 1.76. The smallest absolute Gasteiger partial charge is 0.0635 e. The van der Waals surface area contributed by atoms with Crippen LogP contribution in [0.5, 0.6) is 0 Å². The van der Waals surface area contributed by atoms with Gasteiger partial charge in [-0.3, -0.25) is 0 Å². The fourth-order valence-corrected chi connectivity index (χ4v) is 0.274. The summed E-state index contributed by atoms with van der Waals surface area (Å²) in [5.74, 6) is 0. The first kappa shape index (κ1) is 11.3. The van der Waals surface area contributed by atoms with Gasteiger partial charge in [-0.2, -0.15) is 5.26 Å². The third kappa shape index (κ3) is 18.6. The van der Waals surface area contributed by atoms with E-state index < -0.39 is 0 Å². The summed E-state index contributed by atoms with van der Waals surface area (Å²) in [6.45, 7) is 4.87. The Morgan fingerprint density at radius 1 is 1.33 bits per heavy atom. The molecule has 0 radical (unpaired) electrons. The van der Waals surface area contributed by atoms with E-state index in [2.05, 4.69) is 6.07 Å².